The van der Waals surface area contributed by atoms with Gasteiger partial charge in [-0.25, -0.2) is 0 Å². The second-order valence-corrected chi connectivity index (χ2v) is 10.2. The fraction of sp³-hybridized carbons (Fsp3) is 0.655. The van der Waals surface area contributed by atoms with Crippen molar-refractivity contribution >= 4 is 5.57 Å². The summed E-state index contributed by atoms with van der Waals surface area (Å²) >= 11 is 0. The Morgan fingerprint density at radius 2 is 1.60 bits per heavy atom. The van der Waals surface area contributed by atoms with Crippen LogP contribution in [0.4, 0.5) is 0 Å². The molecule has 2 aliphatic heterocycles. The first-order valence-corrected chi connectivity index (χ1v) is 13.4. The van der Waals surface area contributed by atoms with Gasteiger partial charge in [-0.15, -0.1) is 0 Å². The first-order chi connectivity index (χ1) is 16.8. The number of likely N-dealkylation sites (tertiary alicyclic amines) is 2. The van der Waals surface area contributed by atoms with Crippen LogP contribution in [0.25, 0.3) is 5.57 Å². The Labute approximate surface area is 212 Å². The van der Waals surface area contributed by atoms with Crippen LogP contribution in [0.3, 0.4) is 0 Å². The van der Waals surface area contributed by atoms with Crippen LogP contribution in [0.2, 0.25) is 0 Å². The molecule has 35 heavy (non-hydrogen) atoms. The molecule has 2 atom stereocenters. The zero-order valence-electron chi connectivity index (χ0n) is 22.1. The van der Waals surface area contributed by atoms with Crippen LogP contribution in [0.1, 0.15) is 63.5 Å². The van der Waals surface area contributed by atoms with Crippen LogP contribution in [-0.4, -0.2) is 84.7 Å². The van der Waals surface area contributed by atoms with Gasteiger partial charge in [-0.1, -0.05) is 12.6 Å². The van der Waals surface area contributed by atoms with Crippen LogP contribution in [0, 0.1) is 6.92 Å². The van der Waals surface area contributed by atoms with Crippen molar-refractivity contribution in [1.29, 1.82) is 0 Å². The van der Waals surface area contributed by atoms with Gasteiger partial charge in [0.25, 0.3) is 0 Å². The molecule has 1 aromatic carbocycles. The SMILES string of the molecule is C=C(/C(C)=C(\C)OCCCCCN1CC[C@@H](O)C1)c1ccc(OCCCN2CC[C@@H](O)C2)cc1C. The van der Waals surface area contributed by atoms with Crippen molar-refractivity contribution in [2.45, 2.75) is 71.5 Å². The molecule has 2 N–H and O–H groups in total. The van der Waals surface area contributed by atoms with E-state index in [-0.39, 0.29) is 12.2 Å². The lowest BCUT2D eigenvalue weighted by molar-refractivity contribution is 0.173. The third kappa shape index (κ3) is 8.94. The normalized spacial score (nSPS) is 21.9. The number of ether oxygens (including phenoxy) is 2. The van der Waals surface area contributed by atoms with Crippen molar-refractivity contribution < 1.29 is 19.7 Å². The number of aliphatic hydroxyl groups excluding tert-OH is 2. The van der Waals surface area contributed by atoms with E-state index in [9.17, 15) is 10.2 Å². The van der Waals surface area contributed by atoms with Gasteiger partial charge in [0.2, 0.25) is 0 Å². The molecular formula is C29H46N2O4. The first-order valence-electron chi connectivity index (χ1n) is 13.4. The summed E-state index contributed by atoms with van der Waals surface area (Å²) in [6.07, 6.45) is 5.80. The summed E-state index contributed by atoms with van der Waals surface area (Å²) in [5.41, 5.74) is 4.35. The Morgan fingerprint density at radius 3 is 2.20 bits per heavy atom. The van der Waals surface area contributed by atoms with E-state index >= 15 is 0 Å². The molecule has 6 heteroatoms. The van der Waals surface area contributed by atoms with Gasteiger partial charge in [0.05, 0.1) is 31.2 Å². The van der Waals surface area contributed by atoms with Crippen molar-refractivity contribution in [3.63, 3.8) is 0 Å². The molecule has 0 amide bonds. The molecule has 1 aromatic rings. The molecule has 2 fully saturated rings. The Morgan fingerprint density at radius 1 is 0.943 bits per heavy atom. The second-order valence-electron chi connectivity index (χ2n) is 10.2. The predicted octanol–water partition coefficient (Wildman–Crippen LogP) is 4.39. The monoisotopic (exact) mass is 486 g/mol. The molecule has 2 heterocycles. The molecule has 0 saturated carbocycles. The van der Waals surface area contributed by atoms with Crippen molar-refractivity contribution in [2.24, 2.45) is 0 Å². The summed E-state index contributed by atoms with van der Waals surface area (Å²) in [5, 5.41) is 19.2. The zero-order valence-corrected chi connectivity index (χ0v) is 22.1. The molecule has 0 spiro atoms. The van der Waals surface area contributed by atoms with Crippen LogP contribution >= 0.6 is 0 Å². The maximum absolute atomic E-state index is 9.62. The van der Waals surface area contributed by atoms with Gasteiger partial charge >= 0.3 is 0 Å². The van der Waals surface area contributed by atoms with Crippen LogP contribution in [0.5, 0.6) is 5.75 Å². The number of aliphatic hydroxyl groups is 2. The van der Waals surface area contributed by atoms with Gasteiger partial charge in [0.1, 0.15) is 5.75 Å². The minimum atomic E-state index is -0.160. The van der Waals surface area contributed by atoms with Crippen molar-refractivity contribution in [2.75, 3.05) is 52.5 Å². The number of hydrogen-bond acceptors (Lipinski definition) is 6. The maximum Gasteiger partial charge on any atom is 0.119 e. The lowest BCUT2D eigenvalue weighted by Gasteiger charge is -2.17. The lowest BCUT2D eigenvalue weighted by atomic mass is 9.96. The van der Waals surface area contributed by atoms with Crippen LogP contribution in [-0.2, 0) is 4.74 Å². The molecule has 196 valence electrons. The third-order valence-corrected chi connectivity index (χ3v) is 7.32. The Kier molecular flexibility index (Phi) is 11.1. The number of hydrogen-bond donors (Lipinski definition) is 2. The molecule has 3 rings (SSSR count). The van der Waals surface area contributed by atoms with E-state index in [0.29, 0.717) is 6.61 Å². The number of benzene rings is 1. The standard InChI is InChI=1S/C29H46N2O4/c1-22-19-28(35-18-8-14-31-16-12-27(33)21-31)9-10-29(22)24(3)23(2)25(4)34-17-7-5-6-13-30-15-11-26(32)20-30/h9-10,19,26-27,32-33H,3,5-8,11-18,20-21H2,1-2,4H3/b25-23+/t26-,27-/m1/s1. The summed E-state index contributed by atoms with van der Waals surface area (Å²) < 4.78 is 12.0. The van der Waals surface area contributed by atoms with Gasteiger partial charge in [0, 0.05) is 32.7 Å². The van der Waals surface area contributed by atoms with E-state index in [1.165, 1.54) is 0 Å². The third-order valence-electron chi connectivity index (χ3n) is 7.32. The quantitative estimate of drug-likeness (QED) is 0.231. The van der Waals surface area contributed by atoms with Gasteiger partial charge < -0.3 is 29.5 Å². The summed E-state index contributed by atoms with van der Waals surface area (Å²) in [4.78, 5) is 4.65. The summed E-state index contributed by atoms with van der Waals surface area (Å²) in [6.45, 7) is 17.6. The largest absolute Gasteiger partial charge is 0.498 e. The van der Waals surface area contributed by atoms with Gasteiger partial charge in [0.15, 0.2) is 0 Å². The summed E-state index contributed by atoms with van der Waals surface area (Å²) in [7, 11) is 0. The Hall–Kier alpha value is -1.86. The highest BCUT2D eigenvalue weighted by Gasteiger charge is 2.20. The number of unbranched alkanes of at least 4 members (excludes halogenated alkanes) is 2. The fourth-order valence-corrected chi connectivity index (χ4v) is 4.94. The molecule has 0 radical (unpaired) electrons. The topological polar surface area (TPSA) is 65.4 Å². The number of β-amino-alcohol motifs (C(OH)–C–C–N with tert-alkyl or cyclic N) is 2. The highest BCUT2D eigenvalue weighted by molar-refractivity contribution is 5.79. The minimum Gasteiger partial charge on any atom is -0.498 e. The lowest BCUT2D eigenvalue weighted by Crippen LogP contribution is -2.24. The Bertz CT molecular complexity index is 853. The molecule has 2 aliphatic rings. The predicted molar refractivity (Wildman–Crippen MR) is 143 cm³/mol. The number of rotatable bonds is 14. The maximum atomic E-state index is 9.62. The molecule has 2 saturated heterocycles. The van der Waals surface area contributed by atoms with Gasteiger partial charge in [-0.3, -0.25) is 0 Å². The number of nitrogens with zero attached hydrogens (tertiary/aromatic N) is 2. The molecule has 6 nitrogen and oxygen atoms in total. The average molecular weight is 487 g/mol. The van der Waals surface area contributed by atoms with Crippen LogP contribution in [0.15, 0.2) is 36.1 Å². The number of aryl methyl sites for hydroxylation is 1. The fourth-order valence-electron chi connectivity index (χ4n) is 4.94. The molecule has 0 unspecified atom stereocenters. The summed E-state index contributed by atoms with van der Waals surface area (Å²) in [6, 6.07) is 6.20. The first kappa shape index (κ1) is 27.7. The molecule has 0 aromatic heterocycles. The van der Waals surface area contributed by atoms with E-state index in [1.807, 2.05) is 13.0 Å². The van der Waals surface area contributed by atoms with E-state index in [0.717, 1.165) is 118 Å². The van der Waals surface area contributed by atoms with Gasteiger partial charge in [-0.05, 0) is 100 Å². The molecule has 0 bridgehead atoms. The van der Waals surface area contributed by atoms with Crippen molar-refractivity contribution in [1.82, 2.24) is 9.80 Å². The zero-order chi connectivity index (χ0) is 25.2. The van der Waals surface area contributed by atoms with Gasteiger partial charge in [-0.2, -0.15) is 0 Å². The smallest absolute Gasteiger partial charge is 0.119 e. The van der Waals surface area contributed by atoms with Crippen molar-refractivity contribution in [3.05, 3.63) is 47.2 Å². The second kappa shape index (κ2) is 14.0. The number of allylic oxidation sites excluding steroid dienone is 3. The highest BCUT2D eigenvalue weighted by atomic mass is 16.5. The Balaban J connectivity index is 1.37. The highest BCUT2D eigenvalue weighted by Crippen LogP contribution is 2.29. The minimum absolute atomic E-state index is 0.129. The van der Waals surface area contributed by atoms with E-state index in [1.54, 1.807) is 0 Å². The average Bonchev–Trinajstić information content (AvgIpc) is 3.45. The van der Waals surface area contributed by atoms with E-state index in [4.69, 9.17) is 9.47 Å². The molecular weight excluding hydrogens is 440 g/mol. The van der Waals surface area contributed by atoms with E-state index in [2.05, 4.69) is 42.4 Å². The van der Waals surface area contributed by atoms with Crippen LogP contribution < -0.4 is 4.74 Å². The molecule has 0 aliphatic carbocycles. The summed E-state index contributed by atoms with van der Waals surface area (Å²) in [5.74, 6) is 1.82. The van der Waals surface area contributed by atoms with Crippen molar-refractivity contribution in [3.8, 4) is 5.75 Å². The van der Waals surface area contributed by atoms with E-state index < -0.39 is 0 Å².